The third-order valence-electron chi connectivity index (χ3n) is 3.67. The molecule has 0 aromatic heterocycles. The van der Waals surface area contributed by atoms with Gasteiger partial charge in [0.1, 0.15) is 0 Å². The van der Waals surface area contributed by atoms with Crippen molar-refractivity contribution in [3.05, 3.63) is 0 Å². The molecule has 2 heterocycles. The first kappa shape index (κ1) is 18.1. The van der Waals surface area contributed by atoms with E-state index in [1.54, 1.807) is 0 Å². The first-order valence-corrected chi connectivity index (χ1v) is 8.47. The molecule has 20 heavy (non-hydrogen) atoms. The van der Waals surface area contributed by atoms with Crippen LogP contribution in [0.1, 0.15) is 33.6 Å². The van der Waals surface area contributed by atoms with Crippen molar-refractivity contribution in [3.63, 3.8) is 0 Å². The Hall–Kier alpha value is 0.0800. The molecule has 4 atom stereocenters. The molecule has 2 aliphatic heterocycles. The largest absolute Gasteiger partial charge is 0.373 e. The van der Waals surface area contributed by atoms with Crippen molar-refractivity contribution in [3.8, 4) is 0 Å². The summed E-state index contributed by atoms with van der Waals surface area (Å²) < 4.78 is 34.7. The van der Waals surface area contributed by atoms with Crippen molar-refractivity contribution >= 4 is 22.6 Å². The van der Waals surface area contributed by atoms with Gasteiger partial charge in [0, 0.05) is 25.2 Å². The Morgan fingerprint density at radius 3 is 2.35 bits per heavy atom. The zero-order chi connectivity index (χ0) is 14.0. The Morgan fingerprint density at radius 1 is 1.20 bits per heavy atom. The highest BCUT2D eigenvalue weighted by Crippen LogP contribution is 2.16. The van der Waals surface area contributed by atoms with Gasteiger partial charge < -0.3 is 10.1 Å². The lowest BCUT2D eigenvalue weighted by Crippen LogP contribution is -2.55. The van der Waals surface area contributed by atoms with Gasteiger partial charge in [0.2, 0.25) is 0 Å². The van der Waals surface area contributed by atoms with Gasteiger partial charge in [-0.15, -0.1) is 12.4 Å². The van der Waals surface area contributed by atoms with Gasteiger partial charge in [0.15, 0.2) is 0 Å². The molecule has 0 aromatic carbocycles. The van der Waals surface area contributed by atoms with Gasteiger partial charge >= 0.3 is 0 Å². The molecule has 0 saturated carbocycles. The summed E-state index contributed by atoms with van der Waals surface area (Å²) in [4.78, 5) is 0. The second-order valence-corrected chi connectivity index (χ2v) is 7.48. The van der Waals surface area contributed by atoms with Crippen LogP contribution in [0, 0.1) is 0 Å². The second kappa shape index (κ2) is 7.38. The van der Waals surface area contributed by atoms with E-state index in [0.29, 0.717) is 19.1 Å². The number of hydrogen-bond acceptors (Lipinski definition) is 4. The Kier molecular flexibility index (Phi) is 6.69. The van der Waals surface area contributed by atoms with Crippen LogP contribution in [0.5, 0.6) is 0 Å². The maximum Gasteiger partial charge on any atom is 0.279 e. The summed E-state index contributed by atoms with van der Waals surface area (Å²) in [5.41, 5.74) is 0. The topological polar surface area (TPSA) is 70.7 Å². The molecule has 4 unspecified atom stereocenters. The summed E-state index contributed by atoms with van der Waals surface area (Å²) >= 11 is 0. The lowest BCUT2D eigenvalue weighted by molar-refractivity contribution is -0.0445. The second-order valence-electron chi connectivity index (χ2n) is 5.77. The van der Waals surface area contributed by atoms with Crippen LogP contribution in [0.3, 0.4) is 0 Å². The molecule has 2 fully saturated rings. The molecular weight excluding hydrogens is 302 g/mol. The van der Waals surface area contributed by atoms with Crippen LogP contribution in [0.15, 0.2) is 0 Å². The van der Waals surface area contributed by atoms with Crippen LogP contribution >= 0.6 is 12.4 Å². The molecule has 8 heteroatoms. The van der Waals surface area contributed by atoms with Crippen molar-refractivity contribution in [1.82, 2.24) is 14.3 Å². The Bertz CT molecular complexity index is 397. The number of hydrogen-bond donors (Lipinski definition) is 2. The zero-order valence-electron chi connectivity index (χ0n) is 12.3. The molecule has 2 aliphatic rings. The molecule has 6 nitrogen and oxygen atoms in total. The fraction of sp³-hybridized carbons (Fsp3) is 1.00. The van der Waals surface area contributed by atoms with E-state index in [0.717, 1.165) is 19.4 Å². The van der Waals surface area contributed by atoms with Crippen LogP contribution in [0.2, 0.25) is 0 Å². The smallest absolute Gasteiger partial charge is 0.279 e. The number of ether oxygens (including phenoxy) is 1. The van der Waals surface area contributed by atoms with Gasteiger partial charge in [-0.3, -0.25) is 0 Å². The van der Waals surface area contributed by atoms with E-state index in [2.05, 4.69) is 17.0 Å². The average Bonchev–Trinajstić information content (AvgIpc) is 2.26. The maximum absolute atomic E-state index is 12.4. The summed E-state index contributed by atoms with van der Waals surface area (Å²) in [6.07, 6.45) is 1.59. The number of halogens is 1. The molecule has 0 aromatic rings. The molecular formula is C12H26ClN3O3S. The number of piperidine rings is 1. The van der Waals surface area contributed by atoms with Crippen molar-refractivity contribution < 1.29 is 13.2 Å². The van der Waals surface area contributed by atoms with Crippen LogP contribution < -0.4 is 10.0 Å². The summed E-state index contributed by atoms with van der Waals surface area (Å²) in [7, 11) is -3.40. The third kappa shape index (κ3) is 4.82. The van der Waals surface area contributed by atoms with E-state index in [1.165, 1.54) is 4.31 Å². The van der Waals surface area contributed by atoms with E-state index >= 15 is 0 Å². The van der Waals surface area contributed by atoms with Gasteiger partial charge in [-0.1, -0.05) is 0 Å². The molecule has 0 bridgehead atoms. The van der Waals surface area contributed by atoms with Crippen molar-refractivity contribution in [2.24, 2.45) is 0 Å². The van der Waals surface area contributed by atoms with Gasteiger partial charge in [-0.05, 0) is 40.2 Å². The van der Waals surface area contributed by atoms with Crippen molar-refractivity contribution in [2.45, 2.75) is 57.9 Å². The summed E-state index contributed by atoms with van der Waals surface area (Å²) in [5, 5.41) is 3.32. The van der Waals surface area contributed by atoms with Gasteiger partial charge in [-0.25, -0.2) is 0 Å². The molecule has 0 radical (unpaired) electrons. The highest BCUT2D eigenvalue weighted by Gasteiger charge is 2.33. The van der Waals surface area contributed by atoms with Crippen molar-refractivity contribution in [2.75, 3.05) is 19.6 Å². The van der Waals surface area contributed by atoms with E-state index in [4.69, 9.17) is 4.74 Å². The van der Waals surface area contributed by atoms with Gasteiger partial charge in [-0.2, -0.15) is 17.4 Å². The number of nitrogens with zero attached hydrogens (tertiary/aromatic N) is 1. The van der Waals surface area contributed by atoms with E-state index in [-0.39, 0.29) is 30.7 Å². The summed E-state index contributed by atoms with van der Waals surface area (Å²) in [6, 6.07) is 0.402. The first-order chi connectivity index (χ1) is 8.87. The number of morpholine rings is 1. The summed E-state index contributed by atoms with van der Waals surface area (Å²) in [6.45, 7) is 7.62. The van der Waals surface area contributed by atoms with Crippen LogP contribution in [0.4, 0.5) is 0 Å². The lowest BCUT2D eigenvalue weighted by atomic mass is 10.0. The van der Waals surface area contributed by atoms with Crippen LogP contribution in [-0.4, -0.2) is 56.6 Å². The minimum absolute atomic E-state index is 0. The molecule has 0 amide bonds. The standard InChI is InChI=1S/C12H25N3O3S.ClH/c1-9-6-12(4-5-13-9)14-19(16,17)15-7-10(2)18-11(3)8-15;/h9-14H,4-8H2,1-3H3;1H. The highest BCUT2D eigenvalue weighted by atomic mass is 35.5. The predicted octanol–water partition coefficient (Wildman–Crippen LogP) is 0.492. The fourth-order valence-corrected chi connectivity index (χ4v) is 4.45. The number of nitrogens with one attached hydrogen (secondary N) is 2. The fourth-order valence-electron chi connectivity index (χ4n) is 2.85. The van der Waals surface area contributed by atoms with Gasteiger partial charge in [0.25, 0.3) is 10.2 Å². The van der Waals surface area contributed by atoms with Crippen molar-refractivity contribution in [1.29, 1.82) is 0 Å². The molecule has 2 rings (SSSR count). The van der Waals surface area contributed by atoms with Crippen LogP contribution in [0.25, 0.3) is 0 Å². The zero-order valence-corrected chi connectivity index (χ0v) is 14.0. The normalized spacial score (nSPS) is 36.4. The quantitative estimate of drug-likeness (QED) is 0.791. The van der Waals surface area contributed by atoms with E-state index in [9.17, 15) is 8.42 Å². The Labute approximate surface area is 128 Å². The average molecular weight is 328 g/mol. The third-order valence-corrected chi connectivity index (χ3v) is 5.27. The minimum atomic E-state index is -3.40. The van der Waals surface area contributed by atoms with E-state index < -0.39 is 10.2 Å². The molecule has 2 saturated heterocycles. The molecule has 0 spiro atoms. The molecule has 2 N–H and O–H groups in total. The monoisotopic (exact) mass is 327 g/mol. The molecule has 0 aliphatic carbocycles. The maximum atomic E-state index is 12.4. The van der Waals surface area contributed by atoms with Gasteiger partial charge in [0.05, 0.1) is 12.2 Å². The predicted molar refractivity (Wildman–Crippen MR) is 81.4 cm³/mol. The highest BCUT2D eigenvalue weighted by molar-refractivity contribution is 7.87. The van der Waals surface area contributed by atoms with E-state index in [1.807, 2.05) is 13.8 Å². The lowest BCUT2D eigenvalue weighted by Gasteiger charge is -2.36. The molecule has 120 valence electrons. The summed E-state index contributed by atoms with van der Waals surface area (Å²) in [5.74, 6) is 0. The minimum Gasteiger partial charge on any atom is -0.373 e. The van der Waals surface area contributed by atoms with Crippen LogP contribution in [-0.2, 0) is 14.9 Å². The Balaban J connectivity index is 0.00000200. The SMILES string of the molecule is CC1CC(NS(=O)(=O)N2CC(C)OC(C)C2)CCN1.Cl. The Morgan fingerprint density at radius 2 is 1.80 bits per heavy atom. The number of rotatable bonds is 3. The first-order valence-electron chi connectivity index (χ1n) is 7.03.